The second kappa shape index (κ2) is 8.95. The zero-order valence-electron chi connectivity index (χ0n) is 16.7. The molecule has 6 heteroatoms. The Morgan fingerprint density at radius 3 is 2.32 bits per heavy atom. The molecule has 0 bridgehead atoms. The van der Waals surface area contributed by atoms with Crippen LogP contribution < -0.4 is 15.5 Å². The lowest BCUT2D eigenvalue weighted by atomic mass is 9.95. The summed E-state index contributed by atoms with van der Waals surface area (Å²) >= 11 is 0. The molecule has 0 saturated carbocycles. The fraction of sp³-hybridized carbons (Fsp3) is 0.636. The quantitative estimate of drug-likeness (QED) is 0.764. The Morgan fingerprint density at radius 2 is 1.64 bits per heavy atom. The molecule has 4 rings (SSSR count). The van der Waals surface area contributed by atoms with Gasteiger partial charge >= 0.3 is 0 Å². The third kappa shape index (κ3) is 4.85. The minimum absolute atomic E-state index is 0.179. The van der Waals surface area contributed by atoms with Gasteiger partial charge in [0.25, 0.3) is 0 Å². The summed E-state index contributed by atoms with van der Waals surface area (Å²) in [7, 11) is 0. The SMILES string of the molecule is O=C1CCC(Nc2ccc(N3CCC(CN4CCCCC4)CC3)cc2)C(=O)N1. The van der Waals surface area contributed by atoms with Gasteiger partial charge in [0.05, 0.1) is 0 Å². The van der Waals surface area contributed by atoms with Crippen LogP contribution in [0.4, 0.5) is 11.4 Å². The highest BCUT2D eigenvalue weighted by atomic mass is 16.2. The van der Waals surface area contributed by atoms with Crippen molar-refractivity contribution in [3.63, 3.8) is 0 Å². The Morgan fingerprint density at radius 1 is 0.929 bits per heavy atom. The van der Waals surface area contributed by atoms with Gasteiger partial charge in [-0.3, -0.25) is 14.9 Å². The van der Waals surface area contributed by atoms with Crippen LogP contribution in [0.25, 0.3) is 0 Å². The standard InChI is InChI=1S/C22H32N4O2/c27-21-9-8-20(22(28)24-21)23-18-4-6-19(7-5-18)26-14-10-17(11-15-26)16-25-12-2-1-3-13-25/h4-7,17,20,23H,1-3,8-16H2,(H,24,27,28). The minimum Gasteiger partial charge on any atom is -0.374 e. The van der Waals surface area contributed by atoms with E-state index in [1.54, 1.807) is 0 Å². The number of hydrogen-bond acceptors (Lipinski definition) is 5. The molecule has 3 aliphatic heterocycles. The van der Waals surface area contributed by atoms with Gasteiger partial charge in [-0.2, -0.15) is 0 Å². The average molecular weight is 385 g/mol. The molecule has 6 nitrogen and oxygen atoms in total. The van der Waals surface area contributed by atoms with E-state index in [4.69, 9.17) is 0 Å². The van der Waals surface area contributed by atoms with Crippen molar-refractivity contribution in [1.29, 1.82) is 0 Å². The van der Waals surface area contributed by atoms with Crippen molar-refractivity contribution in [1.82, 2.24) is 10.2 Å². The number of anilines is 2. The molecular formula is C22H32N4O2. The normalized spacial score (nSPS) is 24.9. The van der Waals surface area contributed by atoms with Gasteiger partial charge in [0.2, 0.25) is 11.8 Å². The lowest BCUT2D eigenvalue weighted by molar-refractivity contribution is -0.133. The fourth-order valence-corrected chi connectivity index (χ4v) is 4.68. The summed E-state index contributed by atoms with van der Waals surface area (Å²) in [5.41, 5.74) is 2.18. The summed E-state index contributed by atoms with van der Waals surface area (Å²) in [6.45, 7) is 6.11. The molecule has 0 aliphatic carbocycles. The molecule has 3 aliphatic rings. The maximum Gasteiger partial charge on any atom is 0.249 e. The Bertz CT molecular complexity index is 676. The predicted molar refractivity (Wildman–Crippen MR) is 111 cm³/mol. The van der Waals surface area contributed by atoms with E-state index in [2.05, 4.69) is 32.6 Å². The first-order chi connectivity index (χ1) is 13.7. The van der Waals surface area contributed by atoms with Crippen LogP contribution in [-0.2, 0) is 9.59 Å². The molecule has 0 radical (unpaired) electrons. The Kier molecular flexibility index (Phi) is 6.15. The number of imide groups is 1. The van der Waals surface area contributed by atoms with Crippen molar-refractivity contribution in [2.24, 2.45) is 5.92 Å². The van der Waals surface area contributed by atoms with Crippen LogP contribution in [-0.4, -0.2) is 55.5 Å². The van der Waals surface area contributed by atoms with Crippen LogP contribution in [0.1, 0.15) is 44.9 Å². The number of amides is 2. The number of nitrogens with zero attached hydrogens (tertiary/aromatic N) is 2. The third-order valence-electron chi connectivity index (χ3n) is 6.39. The van der Waals surface area contributed by atoms with Crippen molar-refractivity contribution < 1.29 is 9.59 Å². The van der Waals surface area contributed by atoms with Crippen LogP contribution in [0.5, 0.6) is 0 Å². The van der Waals surface area contributed by atoms with E-state index in [0.29, 0.717) is 12.8 Å². The van der Waals surface area contributed by atoms with Crippen molar-refractivity contribution in [3.05, 3.63) is 24.3 Å². The molecule has 3 saturated heterocycles. The number of rotatable bonds is 5. The van der Waals surface area contributed by atoms with Crippen LogP contribution in [0.3, 0.4) is 0 Å². The van der Waals surface area contributed by atoms with E-state index in [0.717, 1.165) is 24.7 Å². The summed E-state index contributed by atoms with van der Waals surface area (Å²) in [6, 6.07) is 8.03. The molecule has 3 fully saturated rings. The number of benzene rings is 1. The van der Waals surface area contributed by atoms with Gasteiger partial charge in [0.15, 0.2) is 0 Å². The minimum atomic E-state index is -0.325. The van der Waals surface area contributed by atoms with Gasteiger partial charge in [0, 0.05) is 37.4 Å². The first-order valence-electron chi connectivity index (χ1n) is 10.8. The summed E-state index contributed by atoms with van der Waals surface area (Å²) in [5.74, 6) is 0.431. The van der Waals surface area contributed by atoms with E-state index >= 15 is 0 Å². The van der Waals surface area contributed by atoms with Gasteiger partial charge < -0.3 is 15.1 Å². The van der Waals surface area contributed by atoms with Gasteiger partial charge in [0.1, 0.15) is 6.04 Å². The summed E-state index contributed by atoms with van der Waals surface area (Å²) in [6.07, 6.45) is 7.64. The predicted octanol–water partition coefficient (Wildman–Crippen LogP) is 2.61. The van der Waals surface area contributed by atoms with E-state index in [-0.39, 0.29) is 17.9 Å². The van der Waals surface area contributed by atoms with Gasteiger partial charge in [-0.05, 0) is 75.4 Å². The highest BCUT2D eigenvalue weighted by Gasteiger charge is 2.26. The fourth-order valence-electron chi connectivity index (χ4n) is 4.68. The molecule has 2 amide bonds. The Labute approximate surface area is 167 Å². The van der Waals surface area contributed by atoms with Crippen LogP contribution >= 0.6 is 0 Å². The molecule has 3 heterocycles. The molecule has 0 aromatic heterocycles. The lowest BCUT2D eigenvalue weighted by Crippen LogP contribution is -2.47. The molecule has 152 valence electrons. The number of nitrogens with one attached hydrogen (secondary N) is 2. The maximum atomic E-state index is 11.9. The van der Waals surface area contributed by atoms with Crippen LogP contribution in [0.15, 0.2) is 24.3 Å². The number of piperidine rings is 3. The van der Waals surface area contributed by atoms with Crippen molar-refractivity contribution in [2.75, 3.05) is 42.9 Å². The molecular weight excluding hydrogens is 352 g/mol. The highest BCUT2D eigenvalue weighted by molar-refractivity contribution is 6.01. The molecule has 2 N–H and O–H groups in total. The number of hydrogen-bond donors (Lipinski definition) is 2. The summed E-state index contributed by atoms with van der Waals surface area (Å²) in [5, 5.41) is 5.64. The molecule has 28 heavy (non-hydrogen) atoms. The maximum absolute atomic E-state index is 11.9. The number of carbonyl (C=O) groups excluding carboxylic acids is 2. The van der Waals surface area contributed by atoms with E-state index in [1.165, 1.54) is 57.4 Å². The second-order valence-electron chi connectivity index (χ2n) is 8.49. The van der Waals surface area contributed by atoms with Crippen molar-refractivity contribution in [3.8, 4) is 0 Å². The van der Waals surface area contributed by atoms with Crippen molar-refractivity contribution >= 4 is 23.2 Å². The van der Waals surface area contributed by atoms with Gasteiger partial charge in [-0.25, -0.2) is 0 Å². The number of carbonyl (C=O) groups is 2. The molecule has 1 aromatic carbocycles. The number of likely N-dealkylation sites (tertiary alicyclic amines) is 1. The van der Waals surface area contributed by atoms with E-state index in [9.17, 15) is 9.59 Å². The lowest BCUT2D eigenvalue weighted by Gasteiger charge is -2.37. The molecule has 1 unspecified atom stereocenters. The molecule has 1 atom stereocenters. The van der Waals surface area contributed by atoms with E-state index in [1.807, 2.05) is 12.1 Å². The van der Waals surface area contributed by atoms with Crippen LogP contribution in [0.2, 0.25) is 0 Å². The first kappa shape index (κ1) is 19.2. The average Bonchev–Trinajstić information content (AvgIpc) is 2.72. The van der Waals surface area contributed by atoms with E-state index < -0.39 is 0 Å². The summed E-state index contributed by atoms with van der Waals surface area (Å²) in [4.78, 5) is 28.3. The largest absolute Gasteiger partial charge is 0.374 e. The highest BCUT2D eigenvalue weighted by Crippen LogP contribution is 2.26. The second-order valence-corrected chi connectivity index (χ2v) is 8.49. The van der Waals surface area contributed by atoms with Crippen LogP contribution in [0, 0.1) is 5.92 Å². The van der Waals surface area contributed by atoms with Gasteiger partial charge in [-0.15, -0.1) is 0 Å². The zero-order chi connectivity index (χ0) is 19.3. The monoisotopic (exact) mass is 384 g/mol. The summed E-state index contributed by atoms with van der Waals surface area (Å²) < 4.78 is 0. The Balaban J connectivity index is 1.25. The topological polar surface area (TPSA) is 64.7 Å². The zero-order valence-corrected chi connectivity index (χ0v) is 16.7. The first-order valence-corrected chi connectivity index (χ1v) is 10.8. The molecule has 0 spiro atoms. The van der Waals surface area contributed by atoms with Gasteiger partial charge in [-0.1, -0.05) is 6.42 Å². The smallest absolute Gasteiger partial charge is 0.249 e. The third-order valence-corrected chi connectivity index (χ3v) is 6.39. The molecule has 1 aromatic rings. The Hall–Kier alpha value is -2.08. The van der Waals surface area contributed by atoms with Crippen molar-refractivity contribution in [2.45, 2.75) is 51.0 Å².